The zero-order chi connectivity index (χ0) is 18.6. The van der Waals surface area contributed by atoms with E-state index >= 15 is 0 Å². The second-order valence-electron chi connectivity index (χ2n) is 4.03. The Morgan fingerprint density at radius 1 is 0.826 bits per heavy atom. The van der Waals surface area contributed by atoms with Crippen LogP contribution in [-0.2, 0) is 18.1 Å². The molecule has 0 aromatic heterocycles. The molecule has 0 N–H and O–H groups in total. The number of nitrogens with zero attached hydrogens (tertiary/aromatic N) is 1. The van der Waals surface area contributed by atoms with Crippen LogP contribution in [0.3, 0.4) is 0 Å². The van der Waals surface area contributed by atoms with Crippen LogP contribution in [0.15, 0.2) is 4.99 Å². The molecule has 0 radical (unpaired) electrons. The van der Waals surface area contributed by atoms with E-state index in [9.17, 15) is 39.5 Å². The van der Waals surface area contributed by atoms with Crippen LogP contribution in [0.2, 0.25) is 0 Å². The second kappa shape index (κ2) is 5.07. The van der Waals surface area contributed by atoms with Crippen molar-refractivity contribution in [1.29, 1.82) is 0 Å². The molecule has 15 heteroatoms. The number of aliphatic imine (C=N–C) groups is 1. The van der Waals surface area contributed by atoms with Crippen LogP contribution in [-0.4, -0.2) is 51.0 Å². The summed E-state index contributed by atoms with van der Waals surface area (Å²) in [4.78, 5) is 1.77. The maximum atomic E-state index is 13.3. The molecule has 0 fully saturated rings. The van der Waals surface area contributed by atoms with Crippen LogP contribution < -0.4 is 0 Å². The fraction of sp³-hybridized carbons (Fsp3) is 0.875. The molecule has 0 saturated heterocycles. The third-order valence-corrected chi connectivity index (χ3v) is 7.05. The van der Waals surface area contributed by atoms with Crippen molar-refractivity contribution in [2.45, 2.75) is 23.8 Å². The minimum atomic E-state index is -7.00. The quantitative estimate of drug-likeness (QED) is 0.546. The van der Waals surface area contributed by atoms with Crippen molar-refractivity contribution in [2.75, 3.05) is 21.3 Å². The number of halogens is 9. The van der Waals surface area contributed by atoms with E-state index in [1.807, 2.05) is 0 Å². The van der Waals surface area contributed by atoms with Crippen LogP contribution in [0, 0.1) is 0 Å². The summed E-state index contributed by atoms with van der Waals surface area (Å²) in [5.74, 6) is -2.82. The molecule has 0 spiro atoms. The van der Waals surface area contributed by atoms with Crippen LogP contribution in [0.1, 0.15) is 0 Å². The van der Waals surface area contributed by atoms with Crippen molar-refractivity contribution in [3.63, 3.8) is 0 Å². The number of alkyl halides is 9. The molecule has 1 aliphatic rings. The van der Waals surface area contributed by atoms with Gasteiger partial charge in [0.2, 0.25) is 0 Å². The average Bonchev–Trinajstić information content (AvgIpc) is 2.72. The summed E-state index contributed by atoms with van der Waals surface area (Å²) < 4.78 is 134. The molecule has 0 aliphatic carbocycles. The number of rotatable bonds is 3. The van der Waals surface area contributed by atoms with Gasteiger partial charge in [-0.25, -0.2) is 0 Å². The van der Waals surface area contributed by atoms with Gasteiger partial charge in [0.25, 0.3) is 0 Å². The van der Waals surface area contributed by atoms with E-state index in [-0.39, 0.29) is 21.3 Å². The first-order valence-electron chi connectivity index (χ1n) is 5.28. The van der Waals surface area contributed by atoms with Crippen molar-refractivity contribution in [1.82, 2.24) is 0 Å². The van der Waals surface area contributed by atoms with Crippen molar-refractivity contribution in [3.05, 3.63) is 0 Å². The van der Waals surface area contributed by atoms with Gasteiger partial charge < -0.3 is 0 Å². The van der Waals surface area contributed by atoms with Crippen LogP contribution >= 0.6 is 7.51 Å². The average molecular weight is 385 g/mol. The monoisotopic (exact) mass is 385 g/mol. The van der Waals surface area contributed by atoms with E-state index < -0.39 is 37.2 Å². The summed E-state index contributed by atoms with van der Waals surface area (Å²) in [5, 5.41) is -5.53. The van der Waals surface area contributed by atoms with Gasteiger partial charge in [0.15, 0.2) is 0 Å². The molecule has 0 aromatic carbocycles. The Morgan fingerprint density at radius 2 is 1.17 bits per heavy atom. The van der Waals surface area contributed by atoms with Gasteiger partial charge in [-0.05, 0) is 0 Å². The van der Waals surface area contributed by atoms with Gasteiger partial charge in [-0.2, -0.15) is 0 Å². The molecular formula is C8H9F9NO4P. The van der Waals surface area contributed by atoms with Crippen molar-refractivity contribution < 1.29 is 57.6 Å². The molecule has 1 aliphatic heterocycles. The minimum absolute atomic E-state index is 0.228. The summed E-state index contributed by atoms with van der Waals surface area (Å²) in [5.41, 5.74) is 0. The first kappa shape index (κ1) is 20.2. The second-order valence-corrected chi connectivity index (χ2v) is 7.58. The van der Waals surface area contributed by atoms with E-state index in [2.05, 4.69) is 18.1 Å². The third kappa shape index (κ3) is 2.29. The van der Waals surface area contributed by atoms with E-state index in [1.54, 1.807) is 4.99 Å². The van der Waals surface area contributed by atoms with Gasteiger partial charge >= 0.3 is 121 Å². The van der Waals surface area contributed by atoms with E-state index in [1.165, 1.54) is 0 Å². The van der Waals surface area contributed by atoms with Crippen molar-refractivity contribution in [2.24, 2.45) is 4.99 Å². The number of hydrogen-bond acceptors (Lipinski definition) is 5. The van der Waals surface area contributed by atoms with E-state index in [0.29, 0.717) is 0 Å². The Bertz CT molecular complexity index is 482. The summed E-state index contributed by atoms with van der Waals surface area (Å²) in [7, 11) is -6.32. The molecule has 1 rings (SSSR count). The molecule has 0 amide bonds. The first-order chi connectivity index (χ1) is 10.1. The Hall–Kier alpha value is -0.850. The maximum absolute atomic E-state index is 13.3. The molecule has 0 bridgehead atoms. The van der Waals surface area contributed by atoms with E-state index in [4.69, 9.17) is 0 Å². The molecule has 0 saturated carbocycles. The van der Waals surface area contributed by atoms with Gasteiger partial charge in [0, 0.05) is 0 Å². The van der Waals surface area contributed by atoms with E-state index in [0.717, 1.165) is 0 Å². The standard InChI is InChI=1S/C8H9F9NO4P/c1-19-23(20-2,21-3)6(7(12,13)14,8(15,16)17)18-4(22-23)5(9,10)11/h1-3H3. The molecule has 138 valence electrons. The molecule has 23 heavy (non-hydrogen) atoms. The third-order valence-electron chi connectivity index (χ3n) is 3.01. The number of hydrogen-bond donors (Lipinski definition) is 0. The molecule has 5 nitrogen and oxygen atoms in total. The first-order valence-corrected chi connectivity index (χ1v) is 7.19. The van der Waals surface area contributed by atoms with Gasteiger partial charge in [0.05, 0.1) is 0 Å². The fourth-order valence-electron chi connectivity index (χ4n) is 2.01. The Labute approximate surface area is 122 Å². The summed E-state index contributed by atoms with van der Waals surface area (Å²) in [6.45, 7) is 0. The predicted molar refractivity (Wildman–Crippen MR) is 57.4 cm³/mol. The summed E-state index contributed by atoms with van der Waals surface area (Å²) in [6, 6.07) is 0. The Morgan fingerprint density at radius 3 is 1.35 bits per heavy atom. The zero-order valence-corrected chi connectivity index (χ0v) is 12.3. The Balaban J connectivity index is 4.00. The van der Waals surface area contributed by atoms with Gasteiger partial charge in [-0.15, -0.1) is 0 Å². The van der Waals surface area contributed by atoms with Crippen molar-refractivity contribution in [3.8, 4) is 0 Å². The summed E-state index contributed by atoms with van der Waals surface area (Å²) in [6.07, 6.45) is -18.7. The molecule has 0 atom stereocenters. The van der Waals surface area contributed by atoms with Crippen LogP contribution in [0.25, 0.3) is 0 Å². The SMILES string of the molecule is COP1(OC)(OC)OC(C(F)(F)F)=NC1(C(F)(F)F)C(F)(F)F. The van der Waals surface area contributed by atoms with Gasteiger partial charge in [-0.3, -0.25) is 0 Å². The van der Waals surface area contributed by atoms with Gasteiger partial charge in [-0.1, -0.05) is 0 Å². The van der Waals surface area contributed by atoms with Crippen LogP contribution in [0.5, 0.6) is 0 Å². The fourth-order valence-corrected chi connectivity index (χ4v) is 5.13. The topological polar surface area (TPSA) is 49.3 Å². The normalized spacial score (nSPS) is 25.2. The van der Waals surface area contributed by atoms with Crippen LogP contribution in [0.4, 0.5) is 39.5 Å². The molecule has 0 aromatic rings. The summed E-state index contributed by atoms with van der Waals surface area (Å²) >= 11 is 0. The molecular weight excluding hydrogens is 376 g/mol. The molecule has 0 unspecified atom stereocenters. The zero-order valence-electron chi connectivity index (χ0n) is 11.4. The molecule has 1 heterocycles. The Kier molecular flexibility index (Phi) is 4.45. The predicted octanol–water partition coefficient (Wildman–Crippen LogP) is 3.95. The van der Waals surface area contributed by atoms with Gasteiger partial charge in [0.1, 0.15) is 0 Å². The van der Waals surface area contributed by atoms with Crippen molar-refractivity contribution >= 4 is 13.4 Å².